The number of carbonyl (C=O) groups is 1. The molecule has 3 aromatic rings. The summed E-state index contributed by atoms with van der Waals surface area (Å²) >= 11 is 0. The number of aromatic amines is 1. The molecule has 0 atom stereocenters. The number of aromatic nitrogens is 2. The lowest BCUT2D eigenvalue weighted by Crippen LogP contribution is -2.25. The van der Waals surface area contributed by atoms with Gasteiger partial charge in [-0.3, -0.25) is 14.7 Å². The van der Waals surface area contributed by atoms with Crippen molar-refractivity contribution in [1.29, 1.82) is 0 Å². The van der Waals surface area contributed by atoms with Gasteiger partial charge in [-0.15, -0.1) is 0 Å². The van der Waals surface area contributed by atoms with Crippen LogP contribution < -0.4 is 10.8 Å². The first-order valence-corrected chi connectivity index (χ1v) is 8.53. The van der Waals surface area contributed by atoms with E-state index in [1.807, 2.05) is 6.92 Å². The molecule has 7 heteroatoms. The van der Waals surface area contributed by atoms with Gasteiger partial charge in [-0.25, -0.2) is 9.87 Å². The number of rotatable bonds is 6. The minimum Gasteiger partial charge on any atom is -0.352 e. The quantitative estimate of drug-likeness (QED) is 0.588. The van der Waals surface area contributed by atoms with E-state index in [4.69, 9.17) is 4.84 Å². The zero-order valence-electron chi connectivity index (χ0n) is 14.3. The smallest absolute Gasteiger partial charge is 0.276 e. The van der Waals surface area contributed by atoms with E-state index >= 15 is 0 Å². The van der Waals surface area contributed by atoms with Crippen molar-refractivity contribution >= 4 is 28.2 Å². The molecule has 1 saturated carbocycles. The average Bonchev–Trinajstić information content (AvgIpc) is 3.31. The van der Waals surface area contributed by atoms with E-state index in [0.717, 1.165) is 23.9 Å². The third kappa shape index (κ3) is 3.39. The van der Waals surface area contributed by atoms with Crippen molar-refractivity contribution in [1.82, 2.24) is 15.7 Å². The molecule has 0 spiro atoms. The largest absolute Gasteiger partial charge is 0.352 e. The Bertz CT molecular complexity index is 965. The number of halogens is 1. The molecule has 1 fully saturated rings. The number of nitrogens with zero attached hydrogens (tertiary/aromatic N) is 1. The summed E-state index contributed by atoms with van der Waals surface area (Å²) in [7, 11) is 0. The molecule has 0 radical (unpaired) electrons. The van der Waals surface area contributed by atoms with E-state index in [1.54, 1.807) is 30.5 Å². The minimum atomic E-state index is -0.387. The molecule has 1 aromatic heterocycles. The Morgan fingerprint density at radius 2 is 2.19 bits per heavy atom. The highest BCUT2D eigenvalue weighted by molar-refractivity contribution is 6.08. The third-order valence-electron chi connectivity index (χ3n) is 4.43. The number of hydroxylamine groups is 1. The molecular formula is C19H19FN4O2. The predicted molar refractivity (Wildman–Crippen MR) is 96.7 cm³/mol. The van der Waals surface area contributed by atoms with Gasteiger partial charge in [-0.05, 0) is 55.5 Å². The van der Waals surface area contributed by atoms with Crippen LogP contribution in [0.15, 0.2) is 36.5 Å². The lowest BCUT2D eigenvalue weighted by Gasteiger charge is -2.14. The topological polar surface area (TPSA) is 79.0 Å². The molecule has 4 rings (SSSR count). The summed E-state index contributed by atoms with van der Waals surface area (Å²) < 4.78 is 14.3. The fraction of sp³-hybridized carbons (Fsp3) is 0.263. The predicted octanol–water partition coefficient (Wildman–Crippen LogP) is 3.83. The summed E-state index contributed by atoms with van der Waals surface area (Å²) in [4.78, 5) is 17.8. The van der Waals surface area contributed by atoms with Gasteiger partial charge >= 0.3 is 0 Å². The summed E-state index contributed by atoms with van der Waals surface area (Å²) in [5, 5.41) is 10.6. The van der Waals surface area contributed by atoms with Gasteiger partial charge < -0.3 is 5.32 Å². The number of anilines is 2. The maximum Gasteiger partial charge on any atom is 0.276 e. The molecule has 1 aliphatic carbocycles. The molecule has 0 bridgehead atoms. The number of carbonyl (C=O) groups excluding carboxylic acids is 1. The Hall–Kier alpha value is -2.93. The van der Waals surface area contributed by atoms with Crippen molar-refractivity contribution in [3.8, 4) is 0 Å². The molecule has 134 valence electrons. The summed E-state index contributed by atoms with van der Waals surface area (Å²) in [6.07, 6.45) is 3.87. The average molecular weight is 354 g/mol. The second kappa shape index (κ2) is 6.76. The number of H-pyrrole nitrogens is 1. The fourth-order valence-corrected chi connectivity index (χ4v) is 2.76. The van der Waals surface area contributed by atoms with Crippen molar-refractivity contribution in [3.63, 3.8) is 0 Å². The molecule has 1 amide bonds. The van der Waals surface area contributed by atoms with Crippen LogP contribution in [0.4, 0.5) is 15.8 Å². The van der Waals surface area contributed by atoms with E-state index in [-0.39, 0.29) is 17.4 Å². The van der Waals surface area contributed by atoms with Crippen LogP contribution >= 0.6 is 0 Å². The first-order valence-electron chi connectivity index (χ1n) is 8.53. The van der Waals surface area contributed by atoms with E-state index in [0.29, 0.717) is 29.2 Å². The Labute approximate surface area is 149 Å². The molecule has 2 aromatic carbocycles. The van der Waals surface area contributed by atoms with Gasteiger partial charge in [0.1, 0.15) is 5.82 Å². The molecule has 0 saturated heterocycles. The monoisotopic (exact) mass is 354 g/mol. The normalized spacial score (nSPS) is 13.8. The number of hydrogen-bond acceptors (Lipinski definition) is 4. The number of amides is 1. The van der Waals surface area contributed by atoms with Crippen LogP contribution in [0.2, 0.25) is 0 Å². The first kappa shape index (κ1) is 16.5. The van der Waals surface area contributed by atoms with Gasteiger partial charge in [0.15, 0.2) is 0 Å². The van der Waals surface area contributed by atoms with E-state index in [9.17, 15) is 9.18 Å². The van der Waals surface area contributed by atoms with Gasteiger partial charge in [0.2, 0.25) is 0 Å². The zero-order valence-corrected chi connectivity index (χ0v) is 14.3. The Morgan fingerprint density at radius 3 is 2.96 bits per heavy atom. The number of nitrogens with one attached hydrogen (secondary N) is 3. The van der Waals surface area contributed by atoms with Gasteiger partial charge in [0, 0.05) is 5.39 Å². The summed E-state index contributed by atoms with van der Waals surface area (Å²) in [6.45, 7) is 2.33. The fourth-order valence-electron chi connectivity index (χ4n) is 2.76. The van der Waals surface area contributed by atoms with Gasteiger partial charge in [-0.1, -0.05) is 6.07 Å². The number of aryl methyl sites for hydroxylation is 1. The standard InChI is InChI=1S/C19H19FN4O2/c1-11-2-6-17(15(20)8-11)22-18-13(5-7-16-14(18)9-21-23-16)19(25)24-26-10-12-3-4-12/h2,5-9,12,22H,3-4,10H2,1H3,(H,21,23)(H,24,25). The van der Waals surface area contributed by atoms with Crippen LogP contribution in [0.5, 0.6) is 0 Å². The molecule has 3 N–H and O–H groups in total. The van der Waals surface area contributed by atoms with Gasteiger partial charge in [0.25, 0.3) is 5.91 Å². The van der Waals surface area contributed by atoms with E-state index in [1.165, 1.54) is 6.07 Å². The Morgan fingerprint density at radius 1 is 1.35 bits per heavy atom. The minimum absolute atomic E-state index is 0.289. The SMILES string of the molecule is Cc1ccc(Nc2c(C(=O)NOCC3CC3)ccc3[nH]ncc23)c(F)c1. The summed E-state index contributed by atoms with van der Waals surface area (Å²) in [5.74, 6) is -0.239. The number of hydrogen-bond donors (Lipinski definition) is 3. The van der Waals surface area contributed by atoms with Gasteiger partial charge in [0.05, 0.1) is 35.3 Å². The van der Waals surface area contributed by atoms with Crippen molar-refractivity contribution in [2.75, 3.05) is 11.9 Å². The van der Waals surface area contributed by atoms with Crippen LogP contribution in [0, 0.1) is 18.7 Å². The lowest BCUT2D eigenvalue weighted by molar-refractivity contribution is 0.0271. The second-order valence-corrected chi connectivity index (χ2v) is 6.61. The zero-order chi connectivity index (χ0) is 18.1. The van der Waals surface area contributed by atoms with Crippen molar-refractivity contribution < 1.29 is 14.0 Å². The van der Waals surface area contributed by atoms with Crippen molar-refractivity contribution in [2.24, 2.45) is 5.92 Å². The first-order chi connectivity index (χ1) is 12.6. The molecule has 0 aliphatic heterocycles. The maximum atomic E-state index is 14.3. The molecule has 1 heterocycles. The third-order valence-corrected chi connectivity index (χ3v) is 4.43. The molecule has 1 aliphatic rings. The molecule has 26 heavy (non-hydrogen) atoms. The second-order valence-electron chi connectivity index (χ2n) is 6.61. The van der Waals surface area contributed by atoms with Crippen LogP contribution in [0.1, 0.15) is 28.8 Å². The Kier molecular flexibility index (Phi) is 4.30. The van der Waals surface area contributed by atoms with Crippen LogP contribution in [-0.2, 0) is 4.84 Å². The summed E-state index contributed by atoms with van der Waals surface area (Å²) in [6, 6.07) is 8.31. The highest BCUT2D eigenvalue weighted by Gasteiger charge is 2.23. The Balaban J connectivity index is 1.65. The molecule has 6 nitrogen and oxygen atoms in total. The molecular weight excluding hydrogens is 335 g/mol. The highest BCUT2D eigenvalue weighted by Crippen LogP contribution is 2.31. The maximum absolute atomic E-state index is 14.3. The van der Waals surface area contributed by atoms with Crippen molar-refractivity contribution in [2.45, 2.75) is 19.8 Å². The number of benzene rings is 2. The van der Waals surface area contributed by atoms with Crippen LogP contribution in [0.25, 0.3) is 10.9 Å². The van der Waals surface area contributed by atoms with Crippen molar-refractivity contribution in [3.05, 3.63) is 53.5 Å². The van der Waals surface area contributed by atoms with Crippen LogP contribution in [-0.4, -0.2) is 22.7 Å². The van der Waals surface area contributed by atoms with Gasteiger partial charge in [-0.2, -0.15) is 5.10 Å². The molecule has 0 unspecified atom stereocenters. The summed E-state index contributed by atoms with van der Waals surface area (Å²) in [5.41, 5.74) is 5.16. The lowest BCUT2D eigenvalue weighted by atomic mass is 10.1. The van der Waals surface area contributed by atoms with Crippen LogP contribution in [0.3, 0.4) is 0 Å². The highest BCUT2D eigenvalue weighted by atomic mass is 19.1. The van der Waals surface area contributed by atoms with E-state index < -0.39 is 0 Å². The number of fused-ring (bicyclic) bond motifs is 1. The van der Waals surface area contributed by atoms with E-state index in [2.05, 4.69) is 21.0 Å².